The number of pyridine rings is 1. The molecule has 1 N–H and O–H groups in total. The van der Waals surface area contributed by atoms with Crippen molar-refractivity contribution in [3.63, 3.8) is 0 Å². The fourth-order valence-corrected chi connectivity index (χ4v) is 4.86. The average molecular weight is 562 g/mol. The number of hydrogen-bond acceptors (Lipinski definition) is 4. The number of alkyl halides is 6. The molecule has 0 unspecified atom stereocenters. The molecule has 0 radical (unpaired) electrons. The number of halogens is 6. The molecule has 1 aromatic heterocycles. The van der Waals surface area contributed by atoms with Gasteiger partial charge in [-0.05, 0) is 47.5 Å². The average Bonchev–Trinajstić information content (AvgIpc) is 2.89. The van der Waals surface area contributed by atoms with E-state index in [1.165, 1.54) is 29.8 Å². The smallest absolute Gasteiger partial charge is 0.416 e. The third kappa shape index (κ3) is 4.85. The van der Waals surface area contributed by atoms with Crippen molar-refractivity contribution in [2.45, 2.75) is 25.4 Å². The molecule has 3 aromatic carbocycles. The quantitative estimate of drug-likeness (QED) is 0.306. The van der Waals surface area contributed by atoms with Gasteiger partial charge in [0.15, 0.2) is 0 Å². The lowest BCUT2D eigenvalue weighted by Gasteiger charge is -2.25. The lowest BCUT2D eigenvalue weighted by Crippen LogP contribution is -2.37. The lowest BCUT2D eigenvalue weighted by molar-refractivity contribution is -0.143. The van der Waals surface area contributed by atoms with Gasteiger partial charge in [0.25, 0.3) is 11.5 Å². The molecule has 12 heteroatoms. The number of aromatic nitrogens is 1. The van der Waals surface area contributed by atoms with Crippen LogP contribution in [-0.2, 0) is 25.4 Å². The number of carbonyl (C=O) groups excluding carboxylic acids is 1. The predicted octanol–water partition coefficient (Wildman–Crippen LogP) is 6.08. The van der Waals surface area contributed by atoms with Crippen LogP contribution in [0.4, 0.5) is 26.3 Å². The van der Waals surface area contributed by atoms with Gasteiger partial charge in [-0.15, -0.1) is 0 Å². The van der Waals surface area contributed by atoms with Crippen molar-refractivity contribution in [1.82, 2.24) is 9.47 Å². The zero-order valence-electron chi connectivity index (χ0n) is 20.7. The van der Waals surface area contributed by atoms with Gasteiger partial charge in [0.1, 0.15) is 23.7 Å². The zero-order valence-corrected chi connectivity index (χ0v) is 20.7. The Balaban J connectivity index is 1.67. The SMILES string of the molecule is CN(Cc1cc(C(F)(F)F)cc(C(F)(F)F)c1)C(=O)c1c(-c2cccc(O)c2)c2cccc3c2n(c1=O)CCO3. The lowest BCUT2D eigenvalue weighted by atomic mass is 9.94. The van der Waals surface area contributed by atoms with Crippen molar-refractivity contribution < 1.29 is 41.0 Å². The number of ether oxygens (including phenoxy) is 1. The fourth-order valence-electron chi connectivity index (χ4n) is 4.86. The predicted molar refractivity (Wildman–Crippen MR) is 133 cm³/mol. The second-order valence-electron chi connectivity index (χ2n) is 9.33. The van der Waals surface area contributed by atoms with Gasteiger partial charge in [-0.1, -0.05) is 24.3 Å². The molecule has 0 bridgehead atoms. The number of rotatable bonds is 4. The van der Waals surface area contributed by atoms with E-state index in [1.807, 2.05) is 0 Å². The van der Waals surface area contributed by atoms with Crippen LogP contribution >= 0.6 is 0 Å². The monoisotopic (exact) mass is 562 g/mol. The number of aromatic hydroxyl groups is 1. The third-order valence-corrected chi connectivity index (χ3v) is 6.58. The van der Waals surface area contributed by atoms with Crippen LogP contribution in [0.25, 0.3) is 22.0 Å². The van der Waals surface area contributed by atoms with E-state index < -0.39 is 47.1 Å². The summed E-state index contributed by atoms with van der Waals surface area (Å²) in [5, 5.41) is 10.6. The second kappa shape index (κ2) is 9.61. The Morgan fingerprint density at radius 2 is 1.62 bits per heavy atom. The summed E-state index contributed by atoms with van der Waals surface area (Å²) in [4.78, 5) is 28.4. The first-order valence-corrected chi connectivity index (χ1v) is 11.9. The highest BCUT2D eigenvalue weighted by Gasteiger charge is 2.37. The number of nitrogens with zero attached hydrogens (tertiary/aromatic N) is 2. The van der Waals surface area contributed by atoms with Crippen LogP contribution in [0.3, 0.4) is 0 Å². The van der Waals surface area contributed by atoms with Gasteiger partial charge in [-0.3, -0.25) is 9.59 Å². The van der Waals surface area contributed by atoms with E-state index in [2.05, 4.69) is 0 Å². The normalized spacial score (nSPS) is 13.3. The molecule has 1 amide bonds. The molecule has 4 aromatic rings. The van der Waals surface area contributed by atoms with Gasteiger partial charge < -0.3 is 19.3 Å². The van der Waals surface area contributed by atoms with E-state index in [4.69, 9.17) is 4.74 Å². The van der Waals surface area contributed by atoms with Crippen molar-refractivity contribution in [1.29, 1.82) is 0 Å². The minimum absolute atomic E-state index is 0.00539. The molecule has 1 aliphatic heterocycles. The Kier molecular flexibility index (Phi) is 6.51. The summed E-state index contributed by atoms with van der Waals surface area (Å²) < 4.78 is 87.3. The molecule has 1 aliphatic rings. The van der Waals surface area contributed by atoms with Crippen molar-refractivity contribution in [3.8, 4) is 22.6 Å². The Labute approximate surface area is 222 Å². The van der Waals surface area contributed by atoms with Crippen LogP contribution in [0.1, 0.15) is 27.0 Å². The first-order chi connectivity index (χ1) is 18.8. The Bertz CT molecular complexity index is 1680. The maximum atomic E-state index is 13.8. The molecule has 5 rings (SSSR count). The second-order valence-corrected chi connectivity index (χ2v) is 9.33. The minimum Gasteiger partial charge on any atom is -0.508 e. The summed E-state index contributed by atoms with van der Waals surface area (Å²) in [6.45, 7) is -0.392. The number of phenolic OH excluding ortho intramolecular Hbond substituents is 1. The zero-order chi connectivity index (χ0) is 29.0. The molecule has 0 aliphatic carbocycles. The summed E-state index contributed by atoms with van der Waals surface area (Å²) >= 11 is 0. The molecule has 2 heterocycles. The van der Waals surface area contributed by atoms with Gasteiger partial charge in [-0.2, -0.15) is 26.3 Å². The maximum absolute atomic E-state index is 13.8. The number of carbonyl (C=O) groups is 1. The van der Waals surface area contributed by atoms with Gasteiger partial charge in [-0.25, -0.2) is 0 Å². The number of phenols is 1. The van der Waals surface area contributed by atoms with Gasteiger partial charge >= 0.3 is 12.4 Å². The van der Waals surface area contributed by atoms with E-state index >= 15 is 0 Å². The molecule has 0 fully saturated rings. The highest BCUT2D eigenvalue weighted by atomic mass is 19.4. The number of hydrogen-bond donors (Lipinski definition) is 1. The molecule has 0 saturated carbocycles. The molecule has 6 nitrogen and oxygen atoms in total. The standard InChI is InChI=1S/C28H20F6N2O4/c1-35(14-15-10-17(27(29,30)31)13-18(11-15)28(32,33)34)25(38)23-22(16-4-2-5-19(37)12-16)20-6-3-7-21-24(20)36(26(23)39)8-9-40-21/h2-7,10-13,37H,8-9,14H2,1H3. The summed E-state index contributed by atoms with van der Waals surface area (Å²) in [5.74, 6) is -0.667. The number of para-hydroxylation sites is 1. The van der Waals surface area contributed by atoms with E-state index in [0.717, 1.165) is 4.90 Å². The fraction of sp³-hybridized carbons (Fsp3) is 0.214. The van der Waals surface area contributed by atoms with E-state index in [0.29, 0.717) is 34.3 Å². The first-order valence-electron chi connectivity index (χ1n) is 11.9. The Hall–Kier alpha value is -4.48. The van der Waals surface area contributed by atoms with Crippen LogP contribution in [0, 0.1) is 0 Å². The largest absolute Gasteiger partial charge is 0.508 e. The van der Waals surface area contributed by atoms with Gasteiger partial charge in [0.2, 0.25) is 0 Å². The van der Waals surface area contributed by atoms with Crippen LogP contribution in [-0.4, -0.2) is 34.1 Å². The maximum Gasteiger partial charge on any atom is 0.416 e. The Morgan fingerprint density at radius 1 is 0.975 bits per heavy atom. The molecule has 40 heavy (non-hydrogen) atoms. The van der Waals surface area contributed by atoms with Crippen LogP contribution in [0.5, 0.6) is 11.5 Å². The summed E-state index contributed by atoms with van der Waals surface area (Å²) in [6, 6.07) is 11.9. The molecule has 0 spiro atoms. The topological polar surface area (TPSA) is 71.8 Å². The molecule has 208 valence electrons. The van der Waals surface area contributed by atoms with Gasteiger partial charge in [0.05, 0.1) is 23.2 Å². The molecule has 0 saturated heterocycles. The van der Waals surface area contributed by atoms with Crippen molar-refractivity contribution in [3.05, 3.63) is 93.3 Å². The van der Waals surface area contributed by atoms with E-state index in [1.54, 1.807) is 24.3 Å². The minimum atomic E-state index is -5.05. The van der Waals surface area contributed by atoms with Crippen LogP contribution < -0.4 is 10.3 Å². The summed E-state index contributed by atoms with van der Waals surface area (Å²) in [6.07, 6.45) is -10.1. The van der Waals surface area contributed by atoms with Crippen molar-refractivity contribution >= 4 is 16.8 Å². The number of amides is 1. The molecule has 0 atom stereocenters. The first kappa shape index (κ1) is 27.1. The third-order valence-electron chi connectivity index (χ3n) is 6.58. The molecular weight excluding hydrogens is 542 g/mol. The highest BCUT2D eigenvalue weighted by Crippen LogP contribution is 2.39. The van der Waals surface area contributed by atoms with Crippen LogP contribution in [0.2, 0.25) is 0 Å². The van der Waals surface area contributed by atoms with E-state index in [9.17, 15) is 41.0 Å². The number of benzene rings is 3. The highest BCUT2D eigenvalue weighted by molar-refractivity contribution is 6.10. The van der Waals surface area contributed by atoms with Crippen LogP contribution in [0.15, 0.2) is 65.5 Å². The summed E-state index contributed by atoms with van der Waals surface area (Å²) in [7, 11) is 1.18. The van der Waals surface area contributed by atoms with E-state index in [-0.39, 0.29) is 36.1 Å². The van der Waals surface area contributed by atoms with Crippen molar-refractivity contribution in [2.24, 2.45) is 0 Å². The summed E-state index contributed by atoms with van der Waals surface area (Å²) in [5.41, 5.74) is -3.62. The Morgan fingerprint density at radius 3 is 2.25 bits per heavy atom. The molecular formula is C28H20F6N2O4. The van der Waals surface area contributed by atoms with Crippen molar-refractivity contribution in [2.75, 3.05) is 13.7 Å². The van der Waals surface area contributed by atoms with Gasteiger partial charge in [0, 0.05) is 24.5 Å².